The molecule has 0 atom stereocenters. The number of carbonyl (C=O) groups is 1. The molecule has 0 saturated carbocycles. The lowest BCUT2D eigenvalue weighted by molar-refractivity contribution is 0.0767. The van der Waals surface area contributed by atoms with Crippen molar-refractivity contribution < 1.29 is 9.53 Å². The Morgan fingerprint density at radius 2 is 2.10 bits per heavy atom. The van der Waals surface area contributed by atoms with E-state index < -0.39 is 0 Å². The summed E-state index contributed by atoms with van der Waals surface area (Å²) < 4.78 is 7.17. The molecular weight excluding hydrogens is 380 g/mol. The Hall–Kier alpha value is -3.42. The summed E-state index contributed by atoms with van der Waals surface area (Å²) in [6.07, 6.45) is 2.53. The lowest BCUT2D eigenvalue weighted by Crippen LogP contribution is -2.33. The molecule has 0 aliphatic rings. The Morgan fingerprint density at radius 3 is 2.83 bits per heavy atom. The van der Waals surface area contributed by atoms with E-state index in [1.165, 1.54) is 0 Å². The van der Waals surface area contributed by atoms with Crippen LogP contribution in [0.1, 0.15) is 48.7 Å². The third-order valence-electron chi connectivity index (χ3n) is 5.23. The van der Waals surface area contributed by atoms with Gasteiger partial charge in [-0.3, -0.25) is 9.20 Å². The van der Waals surface area contributed by atoms with Gasteiger partial charge >= 0.3 is 0 Å². The van der Waals surface area contributed by atoms with Crippen molar-refractivity contribution in [2.24, 2.45) is 0 Å². The Morgan fingerprint density at radius 1 is 1.27 bits per heavy atom. The molecule has 0 unspecified atom stereocenters. The van der Waals surface area contributed by atoms with Gasteiger partial charge in [0.2, 0.25) is 0 Å². The van der Waals surface area contributed by atoms with Crippen LogP contribution in [0, 0.1) is 0 Å². The van der Waals surface area contributed by atoms with Gasteiger partial charge in [-0.1, -0.05) is 13.8 Å². The van der Waals surface area contributed by atoms with Crippen LogP contribution >= 0.6 is 0 Å². The van der Waals surface area contributed by atoms with Gasteiger partial charge in [0.15, 0.2) is 5.65 Å². The number of imidazole rings is 1. The van der Waals surface area contributed by atoms with E-state index >= 15 is 0 Å². The molecule has 3 aromatic heterocycles. The average molecular weight is 406 g/mol. The predicted molar refractivity (Wildman–Crippen MR) is 115 cm³/mol. The molecule has 0 radical (unpaired) electrons. The van der Waals surface area contributed by atoms with Crippen molar-refractivity contribution in [2.45, 2.75) is 33.1 Å². The van der Waals surface area contributed by atoms with Crippen molar-refractivity contribution in [3.8, 4) is 5.75 Å². The molecule has 1 aromatic carbocycles. The standard InChI is InChI=1S/C22H26N6O2/c1-5-27(12-10-19-23-17-9-8-15(30-4)13-18(17)24-19)22(29)16-7-6-11-28-20(14(2)3)25-26-21(16)28/h6-9,11,13-14H,5,10,12H2,1-4H3,(H,23,24). The molecule has 1 N–H and O–H groups in total. The first kappa shape index (κ1) is 19.9. The third kappa shape index (κ3) is 3.60. The Balaban J connectivity index is 1.54. The second kappa shape index (κ2) is 8.14. The molecule has 4 aromatic rings. The van der Waals surface area contributed by atoms with Crippen LogP contribution in [-0.4, -0.2) is 55.6 Å². The van der Waals surface area contributed by atoms with E-state index in [4.69, 9.17) is 4.74 Å². The maximum Gasteiger partial charge on any atom is 0.257 e. The number of benzene rings is 1. The summed E-state index contributed by atoms with van der Waals surface area (Å²) in [7, 11) is 1.64. The lowest BCUT2D eigenvalue weighted by atomic mass is 10.2. The fourth-order valence-electron chi connectivity index (χ4n) is 3.60. The molecule has 0 spiro atoms. The van der Waals surface area contributed by atoms with Gasteiger partial charge in [-0.05, 0) is 31.2 Å². The fraction of sp³-hybridized carbons (Fsp3) is 0.364. The number of methoxy groups -OCH3 is 1. The number of hydrogen-bond donors (Lipinski definition) is 1. The molecule has 3 heterocycles. The van der Waals surface area contributed by atoms with Crippen LogP contribution in [0.5, 0.6) is 5.75 Å². The Labute approximate surface area is 174 Å². The summed E-state index contributed by atoms with van der Waals surface area (Å²) >= 11 is 0. The molecule has 1 amide bonds. The number of aromatic amines is 1. The SMILES string of the molecule is CCN(CCc1nc2ccc(OC)cc2[nH]1)C(=O)c1cccn2c(C(C)C)nnc12. The van der Waals surface area contributed by atoms with Crippen LogP contribution in [0.3, 0.4) is 0 Å². The van der Waals surface area contributed by atoms with Gasteiger partial charge < -0.3 is 14.6 Å². The molecule has 0 aliphatic carbocycles. The molecule has 30 heavy (non-hydrogen) atoms. The molecule has 8 heteroatoms. The number of pyridine rings is 1. The molecule has 0 fully saturated rings. The maximum atomic E-state index is 13.2. The number of amides is 1. The quantitative estimate of drug-likeness (QED) is 0.508. The molecule has 0 saturated heterocycles. The summed E-state index contributed by atoms with van der Waals surface area (Å²) in [6, 6.07) is 9.42. The van der Waals surface area contributed by atoms with Crippen LogP contribution in [-0.2, 0) is 6.42 Å². The monoisotopic (exact) mass is 406 g/mol. The van der Waals surface area contributed by atoms with Crippen LogP contribution < -0.4 is 4.74 Å². The highest BCUT2D eigenvalue weighted by Gasteiger charge is 2.21. The van der Waals surface area contributed by atoms with Crippen LogP contribution in [0.4, 0.5) is 0 Å². The summed E-state index contributed by atoms with van der Waals surface area (Å²) in [5, 5.41) is 8.55. The minimum Gasteiger partial charge on any atom is -0.497 e. The summed E-state index contributed by atoms with van der Waals surface area (Å²) in [5.74, 6) is 2.64. The smallest absolute Gasteiger partial charge is 0.257 e. The number of H-pyrrole nitrogens is 1. The highest BCUT2D eigenvalue weighted by atomic mass is 16.5. The van der Waals surface area contributed by atoms with Crippen LogP contribution in [0.2, 0.25) is 0 Å². The third-order valence-corrected chi connectivity index (χ3v) is 5.23. The predicted octanol–water partition coefficient (Wildman–Crippen LogP) is 3.44. The number of rotatable bonds is 7. The number of nitrogens with one attached hydrogen (secondary N) is 1. The van der Waals surface area contributed by atoms with E-state index in [1.807, 2.05) is 52.8 Å². The zero-order chi connectivity index (χ0) is 21.3. The Bertz CT molecular complexity index is 1190. The number of likely N-dealkylation sites (N-methyl/N-ethyl adjacent to an activating group) is 1. The van der Waals surface area contributed by atoms with Gasteiger partial charge in [0.1, 0.15) is 17.4 Å². The minimum absolute atomic E-state index is 0.0522. The second-order valence-corrected chi connectivity index (χ2v) is 7.53. The number of ether oxygens (including phenoxy) is 1. The first-order chi connectivity index (χ1) is 14.5. The topological polar surface area (TPSA) is 88.4 Å². The van der Waals surface area contributed by atoms with Gasteiger partial charge in [-0.15, -0.1) is 10.2 Å². The Kier molecular flexibility index (Phi) is 5.39. The zero-order valence-corrected chi connectivity index (χ0v) is 17.7. The molecule has 4 rings (SSSR count). The van der Waals surface area contributed by atoms with Gasteiger partial charge in [0, 0.05) is 37.7 Å². The normalized spacial score (nSPS) is 11.5. The van der Waals surface area contributed by atoms with Gasteiger partial charge in [0.25, 0.3) is 5.91 Å². The first-order valence-electron chi connectivity index (χ1n) is 10.2. The second-order valence-electron chi connectivity index (χ2n) is 7.53. The van der Waals surface area contributed by atoms with Crippen molar-refractivity contribution in [1.29, 1.82) is 0 Å². The molecule has 156 valence electrons. The van der Waals surface area contributed by atoms with Gasteiger partial charge in [0.05, 0.1) is 23.7 Å². The van der Waals surface area contributed by atoms with Crippen LogP contribution in [0.15, 0.2) is 36.5 Å². The van der Waals surface area contributed by atoms with E-state index in [-0.39, 0.29) is 11.8 Å². The average Bonchev–Trinajstić information content (AvgIpc) is 3.36. The highest BCUT2D eigenvalue weighted by Crippen LogP contribution is 2.20. The zero-order valence-electron chi connectivity index (χ0n) is 17.7. The largest absolute Gasteiger partial charge is 0.497 e. The first-order valence-corrected chi connectivity index (χ1v) is 10.2. The van der Waals surface area contributed by atoms with Gasteiger partial charge in [-0.25, -0.2) is 4.98 Å². The highest BCUT2D eigenvalue weighted by molar-refractivity contribution is 5.99. The van der Waals surface area contributed by atoms with E-state index in [0.717, 1.165) is 28.4 Å². The van der Waals surface area contributed by atoms with Crippen molar-refractivity contribution in [2.75, 3.05) is 20.2 Å². The molecule has 0 bridgehead atoms. The summed E-state index contributed by atoms with van der Waals surface area (Å²) in [6.45, 7) is 7.25. The van der Waals surface area contributed by atoms with Crippen molar-refractivity contribution in [3.63, 3.8) is 0 Å². The number of carbonyl (C=O) groups excluding carboxylic acids is 1. The molecule has 0 aliphatic heterocycles. The van der Waals surface area contributed by atoms with E-state index in [2.05, 4.69) is 34.0 Å². The van der Waals surface area contributed by atoms with Crippen molar-refractivity contribution in [1.82, 2.24) is 29.5 Å². The van der Waals surface area contributed by atoms with E-state index in [9.17, 15) is 4.79 Å². The maximum absolute atomic E-state index is 13.2. The number of aromatic nitrogens is 5. The van der Waals surface area contributed by atoms with Crippen LogP contribution in [0.25, 0.3) is 16.7 Å². The minimum atomic E-state index is -0.0522. The number of fused-ring (bicyclic) bond motifs is 2. The van der Waals surface area contributed by atoms with Gasteiger partial charge in [-0.2, -0.15) is 0 Å². The fourth-order valence-corrected chi connectivity index (χ4v) is 3.60. The van der Waals surface area contributed by atoms with Crippen molar-refractivity contribution in [3.05, 3.63) is 53.7 Å². The van der Waals surface area contributed by atoms with Crippen molar-refractivity contribution >= 4 is 22.6 Å². The van der Waals surface area contributed by atoms with E-state index in [1.54, 1.807) is 7.11 Å². The number of hydrogen-bond acceptors (Lipinski definition) is 5. The summed E-state index contributed by atoms with van der Waals surface area (Å²) in [4.78, 5) is 23.0. The summed E-state index contributed by atoms with van der Waals surface area (Å²) in [5.41, 5.74) is 2.97. The number of nitrogens with zero attached hydrogens (tertiary/aromatic N) is 5. The van der Waals surface area contributed by atoms with E-state index in [0.29, 0.717) is 30.7 Å². The molecular formula is C22H26N6O2. The molecule has 8 nitrogen and oxygen atoms in total. The lowest BCUT2D eigenvalue weighted by Gasteiger charge is -2.20.